The number of hydrogen-bond donors (Lipinski definition) is 2. The predicted octanol–water partition coefficient (Wildman–Crippen LogP) is 1.17. The standard InChI is InChI=1S/C9H10N4S/c10-7-1-2-12-3-6(7)9(11)8-4-14-5-13-8/h1-5,9H,11H2,(H2,10,12). The maximum absolute atomic E-state index is 5.99. The summed E-state index contributed by atoms with van der Waals surface area (Å²) in [5.41, 5.74) is 15.8. The summed E-state index contributed by atoms with van der Waals surface area (Å²) in [6, 6.07) is 1.46. The molecule has 0 bridgehead atoms. The molecular weight excluding hydrogens is 196 g/mol. The summed E-state index contributed by atoms with van der Waals surface area (Å²) >= 11 is 1.52. The maximum Gasteiger partial charge on any atom is 0.0795 e. The molecule has 0 saturated heterocycles. The fourth-order valence-corrected chi connectivity index (χ4v) is 1.80. The van der Waals surface area contributed by atoms with Crippen molar-refractivity contribution < 1.29 is 0 Å². The average molecular weight is 206 g/mol. The van der Waals surface area contributed by atoms with E-state index in [0.717, 1.165) is 11.3 Å². The van der Waals surface area contributed by atoms with Crippen molar-refractivity contribution in [3.8, 4) is 0 Å². The van der Waals surface area contributed by atoms with Gasteiger partial charge in [0.25, 0.3) is 0 Å². The Hall–Kier alpha value is -1.46. The van der Waals surface area contributed by atoms with E-state index in [-0.39, 0.29) is 6.04 Å². The van der Waals surface area contributed by atoms with Crippen LogP contribution in [0.5, 0.6) is 0 Å². The lowest BCUT2D eigenvalue weighted by Crippen LogP contribution is -2.14. The summed E-state index contributed by atoms with van der Waals surface area (Å²) in [6.45, 7) is 0. The molecule has 1 atom stereocenters. The van der Waals surface area contributed by atoms with E-state index in [1.165, 1.54) is 11.3 Å². The Morgan fingerprint density at radius 1 is 1.43 bits per heavy atom. The minimum Gasteiger partial charge on any atom is -0.398 e. The molecule has 2 aromatic rings. The Kier molecular flexibility index (Phi) is 2.43. The molecular formula is C9H10N4S. The Labute approximate surface area is 85.6 Å². The molecule has 14 heavy (non-hydrogen) atoms. The minimum atomic E-state index is -0.282. The first kappa shape index (κ1) is 9.11. The van der Waals surface area contributed by atoms with Crippen LogP contribution < -0.4 is 11.5 Å². The van der Waals surface area contributed by atoms with Crippen molar-refractivity contribution in [3.05, 3.63) is 40.6 Å². The molecule has 1 unspecified atom stereocenters. The molecule has 0 spiro atoms. The molecule has 0 radical (unpaired) electrons. The lowest BCUT2D eigenvalue weighted by atomic mass is 10.1. The number of pyridine rings is 1. The van der Waals surface area contributed by atoms with Crippen LogP contribution in [0.2, 0.25) is 0 Å². The molecule has 4 N–H and O–H groups in total. The molecule has 0 fully saturated rings. The van der Waals surface area contributed by atoms with E-state index in [1.807, 2.05) is 5.38 Å². The zero-order valence-electron chi connectivity index (χ0n) is 7.42. The molecule has 0 aliphatic carbocycles. The molecule has 72 valence electrons. The van der Waals surface area contributed by atoms with Gasteiger partial charge in [0.1, 0.15) is 0 Å². The second-order valence-corrected chi connectivity index (χ2v) is 3.61. The predicted molar refractivity (Wildman–Crippen MR) is 56.8 cm³/mol. The number of aromatic nitrogens is 2. The Morgan fingerprint density at radius 3 is 2.93 bits per heavy atom. The van der Waals surface area contributed by atoms with Gasteiger partial charge in [-0.05, 0) is 6.07 Å². The van der Waals surface area contributed by atoms with Crippen LogP contribution in [-0.2, 0) is 0 Å². The van der Waals surface area contributed by atoms with Crippen LogP contribution in [0.4, 0.5) is 5.69 Å². The zero-order chi connectivity index (χ0) is 9.97. The number of nitrogens with zero attached hydrogens (tertiary/aromatic N) is 2. The highest BCUT2D eigenvalue weighted by Gasteiger charge is 2.13. The molecule has 4 nitrogen and oxygen atoms in total. The van der Waals surface area contributed by atoms with Gasteiger partial charge in [-0.1, -0.05) is 0 Å². The normalized spacial score (nSPS) is 12.6. The fraction of sp³-hybridized carbons (Fsp3) is 0.111. The van der Waals surface area contributed by atoms with E-state index in [4.69, 9.17) is 11.5 Å². The average Bonchev–Trinajstić information content (AvgIpc) is 2.70. The first-order chi connectivity index (χ1) is 6.79. The second-order valence-electron chi connectivity index (χ2n) is 2.90. The van der Waals surface area contributed by atoms with Gasteiger partial charge in [0, 0.05) is 29.0 Å². The summed E-state index contributed by atoms with van der Waals surface area (Å²) in [4.78, 5) is 8.14. The summed E-state index contributed by atoms with van der Waals surface area (Å²) in [5, 5.41) is 1.91. The highest BCUT2D eigenvalue weighted by atomic mass is 32.1. The Balaban J connectivity index is 2.37. The molecule has 0 amide bonds. The van der Waals surface area contributed by atoms with Gasteiger partial charge in [0.05, 0.1) is 17.2 Å². The molecule has 5 heteroatoms. The molecule has 2 heterocycles. The van der Waals surface area contributed by atoms with Gasteiger partial charge < -0.3 is 11.5 Å². The smallest absolute Gasteiger partial charge is 0.0795 e. The van der Waals surface area contributed by atoms with E-state index in [9.17, 15) is 0 Å². The van der Waals surface area contributed by atoms with E-state index < -0.39 is 0 Å². The van der Waals surface area contributed by atoms with Gasteiger partial charge in [-0.2, -0.15) is 0 Å². The largest absolute Gasteiger partial charge is 0.398 e. The number of rotatable bonds is 2. The number of nitrogen functional groups attached to an aromatic ring is 1. The van der Waals surface area contributed by atoms with Gasteiger partial charge >= 0.3 is 0 Å². The molecule has 0 aliphatic rings. The SMILES string of the molecule is Nc1ccncc1C(N)c1cscn1. The van der Waals surface area contributed by atoms with E-state index >= 15 is 0 Å². The Bertz CT molecular complexity index is 413. The zero-order valence-corrected chi connectivity index (χ0v) is 8.24. The van der Waals surface area contributed by atoms with Gasteiger partial charge in [0.15, 0.2) is 0 Å². The van der Waals surface area contributed by atoms with Crippen LogP contribution in [-0.4, -0.2) is 9.97 Å². The summed E-state index contributed by atoms with van der Waals surface area (Å²) < 4.78 is 0. The van der Waals surface area contributed by atoms with Crippen molar-refractivity contribution >= 4 is 17.0 Å². The van der Waals surface area contributed by atoms with Crippen LogP contribution in [0.15, 0.2) is 29.4 Å². The van der Waals surface area contributed by atoms with Gasteiger partial charge in [-0.25, -0.2) is 4.98 Å². The van der Waals surface area contributed by atoms with E-state index in [1.54, 1.807) is 24.0 Å². The van der Waals surface area contributed by atoms with Gasteiger partial charge in [-0.3, -0.25) is 4.98 Å². The topological polar surface area (TPSA) is 77.8 Å². The van der Waals surface area contributed by atoms with Crippen LogP contribution in [0.1, 0.15) is 17.3 Å². The number of thiazole rings is 1. The third-order valence-electron chi connectivity index (χ3n) is 1.99. The van der Waals surface area contributed by atoms with Gasteiger partial charge in [0.2, 0.25) is 0 Å². The monoisotopic (exact) mass is 206 g/mol. The highest BCUT2D eigenvalue weighted by Crippen LogP contribution is 2.22. The maximum atomic E-state index is 5.99. The molecule has 0 saturated carbocycles. The van der Waals surface area contributed by atoms with Crippen molar-refractivity contribution in [2.24, 2.45) is 5.73 Å². The van der Waals surface area contributed by atoms with Crippen molar-refractivity contribution in [3.63, 3.8) is 0 Å². The van der Waals surface area contributed by atoms with E-state index in [2.05, 4.69) is 9.97 Å². The van der Waals surface area contributed by atoms with Crippen molar-refractivity contribution in [1.29, 1.82) is 0 Å². The number of anilines is 1. The van der Waals surface area contributed by atoms with Crippen molar-refractivity contribution in [2.45, 2.75) is 6.04 Å². The van der Waals surface area contributed by atoms with Crippen molar-refractivity contribution in [2.75, 3.05) is 5.73 Å². The van der Waals surface area contributed by atoms with Crippen LogP contribution >= 0.6 is 11.3 Å². The molecule has 0 aliphatic heterocycles. The molecule has 0 aromatic carbocycles. The quantitative estimate of drug-likeness (QED) is 0.773. The summed E-state index contributed by atoms with van der Waals surface area (Å²) in [6.07, 6.45) is 3.33. The molecule has 2 rings (SSSR count). The van der Waals surface area contributed by atoms with Crippen LogP contribution in [0.25, 0.3) is 0 Å². The lowest BCUT2D eigenvalue weighted by Gasteiger charge is -2.10. The third kappa shape index (κ3) is 1.59. The summed E-state index contributed by atoms with van der Waals surface area (Å²) in [7, 11) is 0. The minimum absolute atomic E-state index is 0.282. The fourth-order valence-electron chi connectivity index (χ4n) is 1.21. The first-order valence-electron chi connectivity index (χ1n) is 4.12. The second kappa shape index (κ2) is 3.73. The highest BCUT2D eigenvalue weighted by molar-refractivity contribution is 7.07. The van der Waals surface area contributed by atoms with Crippen LogP contribution in [0, 0.1) is 0 Å². The third-order valence-corrected chi connectivity index (χ3v) is 2.60. The van der Waals surface area contributed by atoms with Crippen molar-refractivity contribution in [1.82, 2.24) is 9.97 Å². The summed E-state index contributed by atoms with van der Waals surface area (Å²) in [5.74, 6) is 0. The Morgan fingerprint density at radius 2 is 2.29 bits per heavy atom. The van der Waals surface area contributed by atoms with Gasteiger partial charge in [-0.15, -0.1) is 11.3 Å². The number of hydrogen-bond acceptors (Lipinski definition) is 5. The first-order valence-corrected chi connectivity index (χ1v) is 5.06. The van der Waals surface area contributed by atoms with E-state index in [0.29, 0.717) is 5.69 Å². The van der Waals surface area contributed by atoms with Crippen LogP contribution in [0.3, 0.4) is 0 Å². The lowest BCUT2D eigenvalue weighted by molar-refractivity contribution is 0.835. The number of nitrogens with two attached hydrogens (primary N) is 2. The molecule has 2 aromatic heterocycles.